The first-order valence-corrected chi connectivity index (χ1v) is 8.96. The SMILES string of the molecule is CCOC(=O)C1=C(c2ccccc2)NC(=O)NC1c1cc([N+](=O)[O-])cc(OC)c1O. The molecular weight excluding hydrogens is 394 g/mol. The molecule has 2 aromatic carbocycles. The number of nitrogens with one attached hydrogen (secondary N) is 2. The van der Waals surface area contributed by atoms with Crippen LogP contribution in [0.25, 0.3) is 5.70 Å². The summed E-state index contributed by atoms with van der Waals surface area (Å²) >= 11 is 0. The number of carbonyl (C=O) groups excluding carboxylic acids is 2. The maximum absolute atomic E-state index is 12.8. The fourth-order valence-electron chi connectivity index (χ4n) is 3.15. The van der Waals surface area contributed by atoms with E-state index in [2.05, 4.69) is 10.6 Å². The molecule has 0 fully saturated rings. The van der Waals surface area contributed by atoms with Gasteiger partial charge in [0, 0.05) is 11.6 Å². The van der Waals surface area contributed by atoms with Gasteiger partial charge in [-0.3, -0.25) is 10.1 Å². The molecule has 0 spiro atoms. The summed E-state index contributed by atoms with van der Waals surface area (Å²) in [4.78, 5) is 35.9. The van der Waals surface area contributed by atoms with E-state index in [4.69, 9.17) is 9.47 Å². The van der Waals surface area contributed by atoms with E-state index < -0.39 is 28.7 Å². The number of nitro benzene ring substituents is 1. The van der Waals surface area contributed by atoms with E-state index in [-0.39, 0.29) is 34.9 Å². The van der Waals surface area contributed by atoms with Crippen molar-refractivity contribution in [1.29, 1.82) is 0 Å². The lowest BCUT2D eigenvalue weighted by atomic mass is 9.91. The third-order valence-electron chi connectivity index (χ3n) is 4.46. The largest absolute Gasteiger partial charge is 0.504 e. The molecule has 3 rings (SSSR count). The lowest BCUT2D eigenvalue weighted by molar-refractivity contribution is -0.385. The third kappa shape index (κ3) is 3.88. The minimum Gasteiger partial charge on any atom is -0.504 e. The zero-order valence-corrected chi connectivity index (χ0v) is 16.2. The minimum atomic E-state index is -1.22. The molecule has 0 saturated carbocycles. The van der Waals surface area contributed by atoms with Crippen molar-refractivity contribution in [2.45, 2.75) is 13.0 Å². The van der Waals surface area contributed by atoms with Crippen molar-refractivity contribution in [3.8, 4) is 11.5 Å². The van der Waals surface area contributed by atoms with Crippen LogP contribution in [-0.2, 0) is 9.53 Å². The van der Waals surface area contributed by atoms with Crippen LogP contribution in [0.15, 0.2) is 48.0 Å². The molecule has 0 aromatic heterocycles. The molecule has 156 valence electrons. The number of esters is 1. The number of amides is 2. The summed E-state index contributed by atoms with van der Waals surface area (Å²) in [6.07, 6.45) is 0. The van der Waals surface area contributed by atoms with Crippen molar-refractivity contribution in [1.82, 2.24) is 10.6 Å². The Kier molecular flexibility index (Phi) is 5.86. The molecule has 0 radical (unpaired) electrons. The molecule has 10 heteroatoms. The molecule has 1 aliphatic rings. The molecule has 1 aliphatic heterocycles. The monoisotopic (exact) mass is 413 g/mol. The van der Waals surface area contributed by atoms with Gasteiger partial charge in [0.15, 0.2) is 11.5 Å². The number of hydrogen-bond donors (Lipinski definition) is 3. The smallest absolute Gasteiger partial charge is 0.338 e. The predicted octanol–water partition coefficient (Wildman–Crippen LogP) is 2.64. The van der Waals surface area contributed by atoms with Crippen molar-refractivity contribution >= 4 is 23.4 Å². The summed E-state index contributed by atoms with van der Waals surface area (Å²) in [7, 11) is 1.24. The van der Waals surface area contributed by atoms with Crippen molar-refractivity contribution < 1.29 is 29.1 Å². The Morgan fingerprint density at radius 2 is 1.97 bits per heavy atom. The number of phenols is 1. The van der Waals surface area contributed by atoms with Gasteiger partial charge in [0.05, 0.1) is 42.0 Å². The van der Waals surface area contributed by atoms with Crippen molar-refractivity contribution in [2.75, 3.05) is 13.7 Å². The lowest BCUT2D eigenvalue weighted by Crippen LogP contribution is -2.45. The fourth-order valence-corrected chi connectivity index (χ4v) is 3.15. The first kappa shape index (κ1) is 20.6. The van der Waals surface area contributed by atoms with Gasteiger partial charge in [-0.05, 0) is 12.5 Å². The van der Waals surface area contributed by atoms with Gasteiger partial charge in [0.1, 0.15) is 0 Å². The van der Waals surface area contributed by atoms with Crippen LogP contribution >= 0.6 is 0 Å². The average Bonchev–Trinajstić information content (AvgIpc) is 2.73. The highest BCUT2D eigenvalue weighted by molar-refractivity contribution is 6.04. The van der Waals surface area contributed by atoms with Gasteiger partial charge in [-0.25, -0.2) is 9.59 Å². The molecule has 1 unspecified atom stereocenters. The molecule has 1 atom stereocenters. The number of nitro groups is 1. The topological polar surface area (TPSA) is 140 Å². The number of methoxy groups -OCH3 is 1. The van der Waals surface area contributed by atoms with E-state index in [0.717, 1.165) is 12.1 Å². The number of aromatic hydroxyl groups is 1. The van der Waals surface area contributed by atoms with Crippen LogP contribution in [0.2, 0.25) is 0 Å². The maximum Gasteiger partial charge on any atom is 0.338 e. The van der Waals surface area contributed by atoms with Gasteiger partial charge in [0.2, 0.25) is 0 Å². The van der Waals surface area contributed by atoms with Crippen LogP contribution in [-0.4, -0.2) is 35.7 Å². The number of carbonyl (C=O) groups is 2. The van der Waals surface area contributed by atoms with Crippen molar-refractivity contribution in [2.24, 2.45) is 0 Å². The number of rotatable bonds is 6. The molecule has 2 amide bonds. The van der Waals surface area contributed by atoms with Crippen LogP contribution < -0.4 is 15.4 Å². The van der Waals surface area contributed by atoms with E-state index in [9.17, 15) is 24.8 Å². The fraction of sp³-hybridized carbons (Fsp3) is 0.200. The molecule has 0 saturated heterocycles. The van der Waals surface area contributed by atoms with Crippen LogP contribution in [0.3, 0.4) is 0 Å². The summed E-state index contributed by atoms with van der Waals surface area (Å²) in [5, 5.41) is 27.1. The Morgan fingerprint density at radius 1 is 1.27 bits per heavy atom. The molecule has 1 heterocycles. The zero-order chi connectivity index (χ0) is 21.8. The van der Waals surface area contributed by atoms with Gasteiger partial charge in [-0.2, -0.15) is 0 Å². The summed E-state index contributed by atoms with van der Waals surface area (Å²) in [5.41, 5.74) is 0.231. The quantitative estimate of drug-likeness (QED) is 0.376. The summed E-state index contributed by atoms with van der Waals surface area (Å²) in [6, 6.07) is 8.84. The standard InChI is InChI=1S/C20H19N3O7/c1-3-30-19(25)15-16(11-7-5-4-6-8-11)21-20(26)22-17(15)13-9-12(23(27)28)10-14(29-2)18(13)24/h4-10,17,24H,3H2,1-2H3,(H2,21,22,26). The molecule has 30 heavy (non-hydrogen) atoms. The van der Waals surface area contributed by atoms with Crippen LogP contribution in [0, 0.1) is 10.1 Å². The predicted molar refractivity (Wildman–Crippen MR) is 106 cm³/mol. The number of phenolic OH excluding ortho intramolecular Hbond substituents is 1. The summed E-state index contributed by atoms with van der Waals surface area (Å²) in [5.74, 6) is -1.36. The number of hydrogen-bond acceptors (Lipinski definition) is 7. The first-order chi connectivity index (χ1) is 14.4. The third-order valence-corrected chi connectivity index (χ3v) is 4.46. The summed E-state index contributed by atoms with van der Waals surface area (Å²) in [6.45, 7) is 1.69. The highest BCUT2D eigenvalue weighted by atomic mass is 16.6. The Bertz CT molecular complexity index is 1030. The molecule has 10 nitrogen and oxygen atoms in total. The van der Waals surface area contributed by atoms with Gasteiger partial charge in [-0.15, -0.1) is 0 Å². The molecule has 0 aliphatic carbocycles. The second-order valence-corrected chi connectivity index (χ2v) is 6.25. The van der Waals surface area contributed by atoms with Crippen molar-refractivity contribution in [3.05, 3.63) is 69.3 Å². The summed E-state index contributed by atoms with van der Waals surface area (Å²) < 4.78 is 10.2. The van der Waals surface area contributed by atoms with Crippen LogP contribution in [0.4, 0.5) is 10.5 Å². The average molecular weight is 413 g/mol. The highest BCUT2D eigenvalue weighted by Crippen LogP contribution is 2.42. The van der Waals surface area contributed by atoms with Gasteiger partial charge in [0.25, 0.3) is 5.69 Å². The normalized spacial score (nSPS) is 15.8. The molecular formula is C20H19N3O7. The number of nitrogens with zero attached hydrogens (tertiary/aromatic N) is 1. The van der Waals surface area contributed by atoms with E-state index in [1.54, 1.807) is 37.3 Å². The van der Waals surface area contributed by atoms with Gasteiger partial charge >= 0.3 is 12.0 Å². The Balaban J connectivity index is 2.29. The maximum atomic E-state index is 12.8. The van der Waals surface area contributed by atoms with Crippen LogP contribution in [0.5, 0.6) is 11.5 Å². The number of ether oxygens (including phenoxy) is 2. The van der Waals surface area contributed by atoms with E-state index in [1.165, 1.54) is 7.11 Å². The second kappa shape index (κ2) is 8.52. The van der Waals surface area contributed by atoms with Crippen molar-refractivity contribution in [3.63, 3.8) is 0 Å². The number of non-ortho nitro benzene ring substituents is 1. The lowest BCUT2D eigenvalue weighted by Gasteiger charge is -2.30. The Labute approximate surface area is 171 Å². The van der Waals surface area contributed by atoms with Gasteiger partial charge < -0.3 is 25.2 Å². The molecule has 3 N–H and O–H groups in total. The first-order valence-electron chi connectivity index (χ1n) is 8.96. The number of urea groups is 1. The van der Waals surface area contributed by atoms with E-state index in [1.807, 2.05) is 0 Å². The number of benzene rings is 2. The van der Waals surface area contributed by atoms with Crippen LogP contribution in [0.1, 0.15) is 24.1 Å². The molecule has 2 aromatic rings. The molecule has 0 bridgehead atoms. The Morgan fingerprint density at radius 3 is 2.57 bits per heavy atom. The van der Waals surface area contributed by atoms with E-state index >= 15 is 0 Å². The Hall–Kier alpha value is -4.08. The minimum absolute atomic E-state index is 0.0134. The highest BCUT2D eigenvalue weighted by Gasteiger charge is 2.37. The van der Waals surface area contributed by atoms with Gasteiger partial charge in [-0.1, -0.05) is 30.3 Å². The van der Waals surface area contributed by atoms with E-state index in [0.29, 0.717) is 5.56 Å². The second-order valence-electron chi connectivity index (χ2n) is 6.25. The zero-order valence-electron chi connectivity index (χ0n) is 16.2.